The molecule has 0 aliphatic rings. The second kappa shape index (κ2) is 5.35. The van der Waals surface area contributed by atoms with Crippen LogP contribution in [0.15, 0.2) is 5.38 Å². The summed E-state index contributed by atoms with van der Waals surface area (Å²) >= 11 is 1.74. The number of hydrogen-bond acceptors (Lipinski definition) is 3. The summed E-state index contributed by atoms with van der Waals surface area (Å²) in [5, 5.41) is 3.35. The normalized spacial score (nSPS) is 13.2. The van der Waals surface area contributed by atoms with Gasteiger partial charge in [0.05, 0.1) is 16.8 Å². The Morgan fingerprint density at radius 1 is 1.62 bits per heavy atom. The number of aryl methyl sites for hydroxylation is 1. The molecule has 2 nitrogen and oxygen atoms in total. The molecule has 0 saturated carbocycles. The second-order valence-electron chi connectivity index (χ2n) is 3.23. The molecule has 0 bridgehead atoms. The molecule has 0 aliphatic carbocycles. The highest BCUT2D eigenvalue weighted by atomic mass is 32.1. The average Bonchev–Trinajstić information content (AvgIpc) is 2.53. The van der Waals surface area contributed by atoms with E-state index in [1.807, 2.05) is 0 Å². The number of ether oxygens (including phenoxy) is 1. The van der Waals surface area contributed by atoms with E-state index >= 15 is 0 Å². The van der Waals surface area contributed by atoms with Gasteiger partial charge in [-0.15, -0.1) is 11.3 Å². The summed E-state index contributed by atoms with van der Waals surface area (Å²) in [6, 6.07) is 0. The topological polar surface area (TPSA) is 22.1 Å². The lowest BCUT2D eigenvalue weighted by Crippen LogP contribution is -2.08. The Kier molecular flexibility index (Phi) is 4.39. The smallest absolute Gasteiger partial charge is 0.0954 e. The Morgan fingerprint density at radius 2 is 2.38 bits per heavy atom. The molecule has 0 aromatic carbocycles. The van der Waals surface area contributed by atoms with Crippen LogP contribution in [0.4, 0.5) is 0 Å². The third-order valence-electron chi connectivity index (χ3n) is 1.97. The van der Waals surface area contributed by atoms with E-state index in [1.54, 1.807) is 18.4 Å². The molecule has 74 valence electrons. The summed E-state index contributed by atoms with van der Waals surface area (Å²) in [5.41, 5.74) is 1.23. The van der Waals surface area contributed by atoms with Crippen LogP contribution in [0, 0.1) is 0 Å². The van der Waals surface area contributed by atoms with Crippen molar-refractivity contribution in [2.24, 2.45) is 0 Å². The molecular weight excluding hydrogens is 182 g/mol. The van der Waals surface area contributed by atoms with Crippen LogP contribution < -0.4 is 0 Å². The van der Waals surface area contributed by atoms with Gasteiger partial charge in [0.2, 0.25) is 0 Å². The molecule has 1 unspecified atom stereocenters. The van der Waals surface area contributed by atoms with Gasteiger partial charge in [-0.3, -0.25) is 0 Å². The minimum Gasteiger partial charge on any atom is -0.381 e. The molecule has 0 spiro atoms. The number of nitrogens with zero attached hydrogens (tertiary/aromatic N) is 1. The van der Waals surface area contributed by atoms with Crippen LogP contribution in [-0.2, 0) is 17.6 Å². The third kappa shape index (κ3) is 3.44. The number of thiazole rings is 1. The van der Waals surface area contributed by atoms with Crippen molar-refractivity contribution in [1.29, 1.82) is 0 Å². The first-order valence-electron chi connectivity index (χ1n) is 4.72. The van der Waals surface area contributed by atoms with E-state index in [-0.39, 0.29) is 6.10 Å². The lowest BCUT2D eigenvalue weighted by atomic mass is 10.3. The van der Waals surface area contributed by atoms with Gasteiger partial charge in [0.1, 0.15) is 0 Å². The predicted octanol–water partition coefficient (Wildman–Crippen LogP) is 2.67. The number of methoxy groups -OCH3 is 1. The third-order valence-corrected chi connectivity index (χ3v) is 2.89. The molecule has 13 heavy (non-hydrogen) atoms. The lowest BCUT2D eigenvalue weighted by Gasteiger charge is -2.05. The summed E-state index contributed by atoms with van der Waals surface area (Å²) < 4.78 is 5.19. The van der Waals surface area contributed by atoms with Gasteiger partial charge in [0.25, 0.3) is 0 Å². The van der Waals surface area contributed by atoms with Crippen molar-refractivity contribution >= 4 is 11.3 Å². The van der Waals surface area contributed by atoms with E-state index in [4.69, 9.17) is 4.74 Å². The highest BCUT2D eigenvalue weighted by molar-refractivity contribution is 7.09. The molecule has 1 heterocycles. The fourth-order valence-electron chi connectivity index (χ4n) is 1.14. The molecule has 0 N–H and O–H groups in total. The van der Waals surface area contributed by atoms with Crippen molar-refractivity contribution < 1.29 is 4.74 Å². The first-order chi connectivity index (χ1) is 6.26. The van der Waals surface area contributed by atoms with Gasteiger partial charge in [-0.05, 0) is 13.3 Å². The van der Waals surface area contributed by atoms with E-state index in [1.165, 1.54) is 17.1 Å². The summed E-state index contributed by atoms with van der Waals surface area (Å²) in [7, 11) is 1.74. The van der Waals surface area contributed by atoms with Crippen LogP contribution in [0.2, 0.25) is 0 Å². The first-order valence-corrected chi connectivity index (χ1v) is 5.60. The number of hydrogen-bond donors (Lipinski definition) is 0. The van der Waals surface area contributed by atoms with Crippen LogP contribution in [0.5, 0.6) is 0 Å². The lowest BCUT2D eigenvalue weighted by molar-refractivity contribution is 0.118. The zero-order chi connectivity index (χ0) is 9.68. The second-order valence-corrected chi connectivity index (χ2v) is 4.18. The van der Waals surface area contributed by atoms with E-state index in [9.17, 15) is 0 Å². The summed E-state index contributed by atoms with van der Waals surface area (Å²) in [6.45, 7) is 4.25. The van der Waals surface area contributed by atoms with E-state index in [0.717, 1.165) is 12.8 Å². The number of rotatable bonds is 5. The Bertz CT molecular complexity index is 247. The van der Waals surface area contributed by atoms with Crippen LogP contribution >= 0.6 is 11.3 Å². The first kappa shape index (κ1) is 10.7. The molecule has 0 saturated heterocycles. The maximum absolute atomic E-state index is 5.19. The molecule has 0 aliphatic heterocycles. The molecule has 0 fully saturated rings. The summed E-state index contributed by atoms with van der Waals surface area (Å²) in [6.07, 6.45) is 3.48. The molecule has 1 aromatic heterocycles. The molecule has 1 rings (SSSR count). The maximum atomic E-state index is 5.19. The monoisotopic (exact) mass is 199 g/mol. The molecule has 1 atom stereocenters. The zero-order valence-electron chi connectivity index (χ0n) is 8.54. The van der Waals surface area contributed by atoms with Crippen molar-refractivity contribution in [2.75, 3.05) is 7.11 Å². The Labute approximate surface area is 84.0 Å². The van der Waals surface area contributed by atoms with Gasteiger partial charge in [-0.25, -0.2) is 4.98 Å². The highest BCUT2D eigenvalue weighted by Gasteiger charge is 2.05. The van der Waals surface area contributed by atoms with Crippen molar-refractivity contribution in [2.45, 2.75) is 39.2 Å². The van der Waals surface area contributed by atoms with Crippen LogP contribution in [0.1, 0.15) is 31.0 Å². The molecule has 1 aromatic rings. The quantitative estimate of drug-likeness (QED) is 0.727. The zero-order valence-corrected chi connectivity index (χ0v) is 9.36. The van der Waals surface area contributed by atoms with Crippen LogP contribution in [0.25, 0.3) is 0 Å². The van der Waals surface area contributed by atoms with Gasteiger partial charge >= 0.3 is 0 Å². The van der Waals surface area contributed by atoms with Gasteiger partial charge in [-0.2, -0.15) is 0 Å². The number of aromatic nitrogens is 1. The van der Waals surface area contributed by atoms with Crippen molar-refractivity contribution in [1.82, 2.24) is 4.98 Å². The molecule has 0 amide bonds. The van der Waals surface area contributed by atoms with E-state index < -0.39 is 0 Å². The molecule has 3 heteroatoms. The van der Waals surface area contributed by atoms with Crippen LogP contribution in [-0.4, -0.2) is 18.2 Å². The molecular formula is C10H17NOS. The molecule has 0 radical (unpaired) electrons. The van der Waals surface area contributed by atoms with Crippen molar-refractivity contribution in [3.05, 3.63) is 16.1 Å². The van der Waals surface area contributed by atoms with E-state index in [0.29, 0.717) is 0 Å². The van der Waals surface area contributed by atoms with Crippen molar-refractivity contribution in [3.63, 3.8) is 0 Å². The largest absolute Gasteiger partial charge is 0.381 e. The Balaban J connectivity index is 2.48. The minimum atomic E-state index is 0.278. The SMILES string of the molecule is CCCc1csc(CC(C)OC)n1. The fourth-order valence-corrected chi connectivity index (χ4v) is 2.09. The van der Waals surface area contributed by atoms with Gasteiger partial charge in [0, 0.05) is 18.9 Å². The van der Waals surface area contributed by atoms with Crippen LogP contribution in [0.3, 0.4) is 0 Å². The van der Waals surface area contributed by atoms with Gasteiger partial charge in [-0.1, -0.05) is 13.3 Å². The van der Waals surface area contributed by atoms with E-state index in [2.05, 4.69) is 24.2 Å². The average molecular weight is 199 g/mol. The standard InChI is InChI=1S/C10H17NOS/c1-4-5-9-7-13-10(11-9)6-8(2)12-3/h7-8H,4-6H2,1-3H3. The predicted molar refractivity (Wildman–Crippen MR) is 56.3 cm³/mol. The fraction of sp³-hybridized carbons (Fsp3) is 0.700. The van der Waals surface area contributed by atoms with Gasteiger partial charge < -0.3 is 4.74 Å². The Hall–Kier alpha value is -0.410. The highest BCUT2D eigenvalue weighted by Crippen LogP contribution is 2.13. The summed E-state index contributed by atoms with van der Waals surface area (Å²) in [5.74, 6) is 0. The van der Waals surface area contributed by atoms with Gasteiger partial charge in [0.15, 0.2) is 0 Å². The maximum Gasteiger partial charge on any atom is 0.0954 e. The summed E-state index contributed by atoms with van der Waals surface area (Å²) in [4.78, 5) is 4.53. The minimum absolute atomic E-state index is 0.278. The van der Waals surface area contributed by atoms with Crippen molar-refractivity contribution in [3.8, 4) is 0 Å². The Morgan fingerprint density at radius 3 is 3.00 bits per heavy atom.